The molecular formula is C11H12BrNO. The number of fused-ring (bicyclic) bond motifs is 1. The number of nitrogens with zero attached hydrogens (tertiary/aromatic N) is 1. The summed E-state index contributed by atoms with van der Waals surface area (Å²) in [6.07, 6.45) is 6.12. The fraction of sp³-hybridized carbons (Fsp3) is 0.545. The van der Waals surface area contributed by atoms with Crippen molar-refractivity contribution in [3.63, 3.8) is 0 Å². The molecule has 2 fully saturated rings. The minimum atomic E-state index is 0.424. The minimum Gasteiger partial charge on any atom is -0.474 e. The molecule has 0 bridgehead atoms. The topological polar surface area (TPSA) is 22.1 Å². The Balaban J connectivity index is 1.64. The van der Waals surface area contributed by atoms with Crippen LogP contribution in [0.3, 0.4) is 0 Å². The molecule has 0 aliphatic heterocycles. The van der Waals surface area contributed by atoms with Gasteiger partial charge in [0.2, 0.25) is 5.88 Å². The van der Waals surface area contributed by atoms with Gasteiger partial charge in [-0.15, -0.1) is 0 Å². The number of ether oxygens (including phenoxy) is 1. The highest BCUT2D eigenvalue weighted by Gasteiger charge is 2.46. The van der Waals surface area contributed by atoms with E-state index in [4.69, 9.17) is 4.74 Å². The maximum atomic E-state index is 5.80. The summed E-state index contributed by atoms with van der Waals surface area (Å²) in [5.41, 5.74) is 0. The quantitative estimate of drug-likeness (QED) is 0.809. The molecule has 2 aliphatic rings. The van der Waals surface area contributed by atoms with E-state index in [1.807, 2.05) is 12.1 Å². The fourth-order valence-electron chi connectivity index (χ4n) is 2.36. The Kier molecular flexibility index (Phi) is 2.01. The first-order valence-corrected chi connectivity index (χ1v) is 5.89. The summed E-state index contributed by atoms with van der Waals surface area (Å²) in [6, 6.07) is 3.89. The predicted octanol–water partition coefficient (Wildman–Crippen LogP) is 3.02. The number of halogens is 1. The highest BCUT2D eigenvalue weighted by molar-refractivity contribution is 9.10. The Hall–Kier alpha value is -0.570. The number of aromatic nitrogens is 1. The monoisotopic (exact) mass is 253 g/mol. The van der Waals surface area contributed by atoms with Crippen LogP contribution in [0, 0.1) is 11.8 Å². The molecule has 0 N–H and O–H groups in total. The summed E-state index contributed by atoms with van der Waals surface area (Å²) in [4.78, 5) is 4.21. The van der Waals surface area contributed by atoms with Crippen molar-refractivity contribution < 1.29 is 4.74 Å². The third-order valence-corrected chi connectivity index (χ3v) is 3.66. The van der Waals surface area contributed by atoms with Crippen LogP contribution >= 0.6 is 15.9 Å². The lowest BCUT2D eigenvalue weighted by Gasteiger charge is -2.13. The van der Waals surface area contributed by atoms with Crippen molar-refractivity contribution in [1.82, 2.24) is 4.98 Å². The molecule has 2 nitrogen and oxygen atoms in total. The first-order chi connectivity index (χ1) is 6.81. The third kappa shape index (κ3) is 1.65. The molecule has 0 amide bonds. The largest absolute Gasteiger partial charge is 0.474 e. The molecule has 3 rings (SSSR count). The van der Waals surface area contributed by atoms with E-state index in [2.05, 4.69) is 20.9 Å². The van der Waals surface area contributed by atoms with Gasteiger partial charge in [0, 0.05) is 16.7 Å². The van der Waals surface area contributed by atoms with E-state index >= 15 is 0 Å². The van der Waals surface area contributed by atoms with E-state index in [0.717, 1.165) is 22.2 Å². The molecule has 74 valence electrons. The van der Waals surface area contributed by atoms with Crippen LogP contribution in [0.15, 0.2) is 22.8 Å². The minimum absolute atomic E-state index is 0.424. The summed E-state index contributed by atoms with van der Waals surface area (Å²) in [5.74, 6) is 2.70. The van der Waals surface area contributed by atoms with Crippen LogP contribution in [0.25, 0.3) is 0 Å². The summed E-state index contributed by atoms with van der Waals surface area (Å²) in [6.45, 7) is 0. The molecule has 14 heavy (non-hydrogen) atoms. The van der Waals surface area contributed by atoms with Gasteiger partial charge in [-0.1, -0.05) is 0 Å². The van der Waals surface area contributed by atoms with Gasteiger partial charge < -0.3 is 4.74 Å². The average Bonchev–Trinajstić information content (AvgIpc) is 2.79. The second kappa shape index (κ2) is 3.23. The van der Waals surface area contributed by atoms with Crippen molar-refractivity contribution in [2.75, 3.05) is 0 Å². The van der Waals surface area contributed by atoms with Crippen molar-refractivity contribution >= 4 is 15.9 Å². The molecule has 0 saturated heterocycles. The van der Waals surface area contributed by atoms with Gasteiger partial charge in [0.1, 0.15) is 6.10 Å². The van der Waals surface area contributed by atoms with Crippen molar-refractivity contribution in [2.45, 2.75) is 25.4 Å². The van der Waals surface area contributed by atoms with Crippen molar-refractivity contribution in [2.24, 2.45) is 11.8 Å². The van der Waals surface area contributed by atoms with Gasteiger partial charge in [0.15, 0.2) is 0 Å². The fourth-order valence-corrected chi connectivity index (χ4v) is 2.59. The molecule has 1 heterocycles. The summed E-state index contributed by atoms with van der Waals surface area (Å²) < 4.78 is 6.80. The Morgan fingerprint density at radius 3 is 2.64 bits per heavy atom. The highest BCUT2D eigenvalue weighted by atomic mass is 79.9. The van der Waals surface area contributed by atoms with E-state index in [9.17, 15) is 0 Å². The Morgan fingerprint density at radius 1 is 1.21 bits per heavy atom. The first-order valence-electron chi connectivity index (χ1n) is 5.09. The maximum absolute atomic E-state index is 5.80. The highest BCUT2D eigenvalue weighted by Crippen LogP contribution is 2.52. The van der Waals surface area contributed by atoms with Gasteiger partial charge in [-0.3, -0.25) is 0 Å². The lowest BCUT2D eigenvalue weighted by Crippen LogP contribution is -2.14. The van der Waals surface area contributed by atoms with Crippen molar-refractivity contribution in [3.8, 4) is 5.88 Å². The van der Waals surface area contributed by atoms with Crippen LogP contribution in [0.5, 0.6) is 5.88 Å². The molecule has 3 heteroatoms. The zero-order valence-electron chi connectivity index (χ0n) is 7.82. The second-order valence-corrected chi connectivity index (χ2v) is 5.20. The molecule has 0 radical (unpaired) electrons. The van der Waals surface area contributed by atoms with E-state index < -0.39 is 0 Å². The molecule has 0 spiro atoms. The number of rotatable bonds is 2. The average molecular weight is 254 g/mol. The zero-order valence-corrected chi connectivity index (χ0v) is 9.40. The number of hydrogen-bond donors (Lipinski definition) is 0. The SMILES string of the molecule is Brc1ccc(OC2CC3CC3C2)nc1. The van der Waals surface area contributed by atoms with Crippen molar-refractivity contribution in [1.29, 1.82) is 0 Å². The van der Waals surface area contributed by atoms with Crippen molar-refractivity contribution in [3.05, 3.63) is 22.8 Å². The van der Waals surface area contributed by atoms with E-state index in [0.29, 0.717) is 6.10 Å². The second-order valence-electron chi connectivity index (χ2n) is 4.28. The van der Waals surface area contributed by atoms with Gasteiger partial charge in [-0.05, 0) is 53.1 Å². The van der Waals surface area contributed by atoms with E-state index in [-0.39, 0.29) is 0 Å². The summed E-state index contributed by atoms with van der Waals surface area (Å²) in [5, 5.41) is 0. The van der Waals surface area contributed by atoms with Gasteiger partial charge in [0.25, 0.3) is 0 Å². The molecule has 2 atom stereocenters. The molecule has 2 aliphatic carbocycles. The first kappa shape index (κ1) is 8.72. The summed E-state index contributed by atoms with van der Waals surface area (Å²) in [7, 11) is 0. The number of pyridine rings is 1. The molecule has 0 aromatic carbocycles. The van der Waals surface area contributed by atoms with Gasteiger partial charge >= 0.3 is 0 Å². The Labute approximate surface area is 91.8 Å². The van der Waals surface area contributed by atoms with Gasteiger partial charge in [-0.2, -0.15) is 0 Å². The smallest absolute Gasteiger partial charge is 0.213 e. The number of hydrogen-bond acceptors (Lipinski definition) is 2. The Bertz CT molecular complexity index is 328. The van der Waals surface area contributed by atoms with Gasteiger partial charge in [-0.25, -0.2) is 4.98 Å². The summed E-state index contributed by atoms with van der Waals surface area (Å²) >= 11 is 3.36. The standard InChI is InChI=1S/C11H12BrNO/c12-9-1-2-11(13-6-9)14-10-4-7-3-8(7)5-10/h1-2,6-8,10H,3-5H2. The molecule has 2 unspecified atom stereocenters. The lowest BCUT2D eigenvalue weighted by molar-refractivity contribution is 0.186. The third-order valence-electron chi connectivity index (χ3n) is 3.19. The van der Waals surface area contributed by atoms with Crippen LogP contribution in [0.2, 0.25) is 0 Å². The van der Waals surface area contributed by atoms with Crippen LogP contribution in [-0.4, -0.2) is 11.1 Å². The van der Waals surface area contributed by atoms with Crippen LogP contribution < -0.4 is 4.74 Å². The zero-order chi connectivity index (χ0) is 9.54. The lowest BCUT2D eigenvalue weighted by atomic mass is 10.2. The van der Waals surface area contributed by atoms with Crippen LogP contribution in [-0.2, 0) is 0 Å². The molecule has 1 aromatic heterocycles. The van der Waals surface area contributed by atoms with Crippen LogP contribution in [0.4, 0.5) is 0 Å². The van der Waals surface area contributed by atoms with E-state index in [1.165, 1.54) is 19.3 Å². The van der Waals surface area contributed by atoms with Crippen LogP contribution in [0.1, 0.15) is 19.3 Å². The predicted molar refractivity (Wildman–Crippen MR) is 57.2 cm³/mol. The Morgan fingerprint density at radius 2 is 2.00 bits per heavy atom. The maximum Gasteiger partial charge on any atom is 0.213 e. The normalized spacial score (nSPS) is 33.9. The molecular weight excluding hydrogens is 242 g/mol. The molecule has 1 aromatic rings. The van der Waals surface area contributed by atoms with Gasteiger partial charge in [0.05, 0.1) is 0 Å². The molecule has 2 saturated carbocycles. The van der Waals surface area contributed by atoms with E-state index in [1.54, 1.807) is 6.20 Å².